The van der Waals surface area contributed by atoms with Gasteiger partial charge in [0.1, 0.15) is 0 Å². The van der Waals surface area contributed by atoms with Crippen LogP contribution in [-0.4, -0.2) is 48.9 Å². The van der Waals surface area contributed by atoms with Gasteiger partial charge in [0.2, 0.25) is 0 Å². The van der Waals surface area contributed by atoms with Gasteiger partial charge in [0, 0.05) is 5.02 Å². The van der Waals surface area contributed by atoms with Crippen LogP contribution >= 0.6 is 23.2 Å². The minimum atomic E-state index is -0.261. The number of nitrogens with zero attached hydrogens (tertiary/aromatic N) is 1. The first-order valence-electron chi connectivity index (χ1n) is 8.39. The molecule has 1 fully saturated rings. The summed E-state index contributed by atoms with van der Waals surface area (Å²) >= 11 is 12.0. The van der Waals surface area contributed by atoms with E-state index in [1.807, 2.05) is 6.92 Å². The van der Waals surface area contributed by atoms with E-state index in [0.29, 0.717) is 47.7 Å². The van der Waals surface area contributed by atoms with Crippen LogP contribution in [0.3, 0.4) is 0 Å². The predicted molar refractivity (Wildman–Crippen MR) is 99.9 cm³/mol. The molecule has 1 aliphatic heterocycles. The van der Waals surface area contributed by atoms with Crippen molar-refractivity contribution in [2.75, 3.05) is 31.5 Å². The zero-order chi connectivity index (χ0) is 18.7. The van der Waals surface area contributed by atoms with Crippen LogP contribution in [0.25, 0.3) is 0 Å². The number of hydrogen-bond donors (Lipinski definition) is 2. The Balaban J connectivity index is 1.55. The summed E-state index contributed by atoms with van der Waals surface area (Å²) in [5.74, 6) is 0.116. The Labute approximate surface area is 161 Å². The van der Waals surface area contributed by atoms with Crippen molar-refractivity contribution in [1.29, 1.82) is 0 Å². The Morgan fingerprint density at radius 2 is 1.96 bits per heavy atom. The van der Waals surface area contributed by atoms with Gasteiger partial charge in [-0.2, -0.15) is 0 Å². The first-order valence-corrected chi connectivity index (χ1v) is 9.14. The number of nitrogens with one attached hydrogen (secondary N) is 2. The summed E-state index contributed by atoms with van der Waals surface area (Å²) in [5.41, 5.74) is 0.541. The zero-order valence-corrected chi connectivity index (χ0v) is 15.8. The van der Waals surface area contributed by atoms with Crippen LogP contribution in [0, 0.1) is 0 Å². The summed E-state index contributed by atoms with van der Waals surface area (Å²) in [4.78, 5) is 27.7. The number of furan rings is 1. The first kappa shape index (κ1) is 18.8. The minimum absolute atomic E-state index is 0.112. The zero-order valence-electron chi connectivity index (χ0n) is 14.3. The Bertz CT molecular complexity index is 787. The number of carbonyl (C=O) groups excluding carboxylic acids is 2. The van der Waals surface area contributed by atoms with Crippen molar-refractivity contribution in [1.82, 2.24) is 4.90 Å². The van der Waals surface area contributed by atoms with Gasteiger partial charge in [0.05, 0.1) is 43.2 Å². The smallest absolute Gasteiger partial charge is 0.289 e. The fourth-order valence-corrected chi connectivity index (χ4v) is 3.46. The third kappa shape index (κ3) is 4.20. The molecule has 2 N–H and O–H groups in total. The van der Waals surface area contributed by atoms with E-state index in [-0.39, 0.29) is 17.9 Å². The molecule has 2 aromatic rings. The topological polar surface area (TPSA) is 67.0 Å². The van der Waals surface area contributed by atoms with Crippen molar-refractivity contribution in [3.63, 3.8) is 0 Å². The SMILES string of the molecule is C[C@H](C(=O)Nc1ccc(Cl)cc1Cl)[NH+]1CCN(C(=O)c2ccco2)CC1. The van der Waals surface area contributed by atoms with Crippen LogP contribution in [0.15, 0.2) is 41.0 Å². The Kier molecular flexibility index (Phi) is 5.86. The molecule has 0 saturated carbocycles. The highest BCUT2D eigenvalue weighted by Gasteiger charge is 2.31. The molecule has 0 aliphatic carbocycles. The van der Waals surface area contributed by atoms with E-state index in [9.17, 15) is 9.59 Å². The molecule has 1 atom stereocenters. The van der Waals surface area contributed by atoms with Crippen molar-refractivity contribution < 1.29 is 18.9 Å². The number of quaternary nitrogens is 1. The van der Waals surface area contributed by atoms with E-state index >= 15 is 0 Å². The molecule has 3 rings (SSSR count). The number of benzene rings is 1. The number of hydrogen-bond acceptors (Lipinski definition) is 3. The summed E-state index contributed by atoms with van der Waals surface area (Å²) in [6.45, 7) is 4.41. The average Bonchev–Trinajstić information content (AvgIpc) is 3.17. The van der Waals surface area contributed by atoms with E-state index in [0.717, 1.165) is 4.90 Å². The molecule has 1 aromatic heterocycles. The normalized spacial score (nSPS) is 16.3. The molecular formula is C18H20Cl2N3O3+. The maximum absolute atomic E-state index is 12.5. The van der Waals surface area contributed by atoms with Crippen molar-refractivity contribution in [3.8, 4) is 0 Å². The standard InChI is InChI=1S/C18H19Cl2N3O3/c1-12(17(24)21-15-5-4-13(19)11-14(15)20)22-6-8-23(9-7-22)18(25)16-3-2-10-26-16/h2-5,10-12H,6-9H2,1H3,(H,21,24)/p+1/t12-/m1/s1. The third-order valence-electron chi connectivity index (χ3n) is 4.62. The lowest BCUT2D eigenvalue weighted by Crippen LogP contribution is -3.19. The van der Waals surface area contributed by atoms with Gasteiger partial charge >= 0.3 is 0 Å². The monoisotopic (exact) mass is 396 g/mol. The van der Waals surface area contributed by atoms with E-state index in [4.69, 9.17) is 27.6 Å². The van der Waals surface area contributed by atoms with Gasteiger partial charge in [-0.1, -0.05) is 23.2 Å². The van der Waals surface area contributed by atoms with E-state index in [1.54, 1.807) is 35.2 Å². The summed E-state index contributed by atoms with van der Waals surface area (Å²) in [6.07, 6.45) is 1.49. The molecule has 2 heterocycles. The summed E-state index contributed by atoms with van der Waals surface area (Å²) in [6, 6.07) is 8.05. The molecule has 6 nitrogen and oxygen atoms in total. The lowest BCUT2D eigenvalue weighted by atomic mass is 10.2. The highest BCUT2D eigenvalue weighted by Crippen LogP contribution is 2.25. The Morgan fingerprint density at radius 1 is 1.23 bits per heavy atom. The quantitative estimate of drug-likeness (QED) is 0.829. The first-order chi connectivity index (χ1) is 12.5. The van der Waals surface area contributed by atoms with E-state index < -0.39 is 0 Å². The Hall–Kier alpha value is -2.02. The van der Waals surface area contributed by atoms with Crippen molar-refractivity contribution in [2.24, 2.45) is 0 Å². The average molecular weight is 397 g/mol. The number of piperazine rings is 1. The van der Waals surface area contributed by atoms with Crippen LogP contribution in [0.1, 0.15) is 17.5 Å². The molecular weight excluding hydrogens is 377 g/mol. The summed E-state index contributed by atoms with van der Waals surface area (Å²) < 4.78 is 5.16. The number of carbonyl (C=O) groups is 2. The fourth-order valence-electron chi connectivity index (χ4n) is 3.00. The van der Waals surface area contributed by atoms with Gasteiger partial charge in [-0.3, -0.25) is 9.59 Å². The van der Waals surface area contributed by atoms with Gasteiger partial charge < -0.3 is 19.5 Å². The fraction of sp³-hybridized carbons (Fsp3) is 0.333. The molecule has 0 unspecified atom stereocenters. The van der Waals surface area contributed by atoms with Gasteiger partial charge in [-0.25, -0.2) is 0 Å². The lowest BCUT2D eigenvalue weighted by Gasteiger charge is -2.34. The largest absolute Gasteiger partial charge is 0.459 e. The third-order valence-corrected chi connectivity index (χ3v) is 5.17. The highest BCUT2D eigenvalue weighted by molar-refractivity contribution is 6.36. The number of anilines is 1. The lowest BCUT2D eigenvalue weighted by molar-refractivity contribution is -0.917. The van der Waals surface area contributed by atoms with Gasteiger partial charge in [-0.05, 0) is 37.3 Å². The summed E-state index contributed by atoms with van der Waals surface area (Å²) in [5, 5.41) is 3.77. The number of halogens is 2. The second-order valence-corrected chi connectivity index (χ2v) is 7.11. The van der Waals surface area contributed by atoms with Crippen LogP contribution in [0.5, 0.6) is 0 Å². The number of amides is 2. The minimum Gasteiger partial charge on any atom is -0.459 e. The molecule has 0 radical (unpaired) electrons. The second-order valence-electron chi connectivity index (χ2n) is 6.26. The number of rotatable bonds is 4. The summed E-state index contributed by atoms with van der Waals surface area (Å²) in [7, 11) is 0. The maximum atomic E-state index is 12.5. The van der Waals surface area contributed by atoms with Crippen LogP contribution < -0.4 is 10.2 Å². The molecule has 26 heavy (non-hydrogen) atoms. The van der Waals surface area contributed by atoms with E-state index in [2.05, 4.69) is 5.32 Å². The highest BCUT2D eigenvalue weighted by atomic mass is 35.5. The van der Waals surface area contributed by atoms with Gasteiger partial charge in [-0.15, -0.1) is 0 Å². The molecule has 0 spiro atoms. The molecule has 1 saturated heterocycles. The van der Waals surface area contributed by atoms with Crippen LogP contribution in [0.2, 0.25) is 10.0 Å². The Morgan fingerprint density at radius 3 is 2.58 bits per heavy atom. The molecule has 1 aliphatic rings. The van der Waals surface area contributed by atoms with Gasteiger partial charge in [0.15, 0.2) is 11.8 Å². The van der Waals surface area contributed by atoms with Crippen molar-refractivity contribution in [2.45, 2.75) is 13.0 Å². The molecule has 138 valence electrons. The maximum Gasteiger partial charge on any atom is 0.289 e. The van der Waals surface area contributed by atoms with Crippen LogP contribution in [-0.2, 0) is 4.79 Å². The van der Waals surface area contributed by atoms with Crippen LogP contribution in [0.4, 0.5) is 5.69 Å². The molecule has 1 aromatic carbocycles. The molecule has 0 bridgehead atoms. The second kappa shape index (κ2) is 8.12. The molecule has 8 heteroatoms. The molecule has 2 amide bonds. The van der Waals surface area contributed by atoms with Gasteiger partial charge in [0.25, 0.3) is 11.8 Å². The predicted octanol–water partition coefficient (Wildman–Crippen LogP) is 1.95. The van der Waals surface area contributed by atoms with Crippen molar-refractivity contribution in [3.05, 3.63) is 52.4 Å². The van der Waals surface area contributed by atoms with E-state index in [1.165, 1.54) is 6.26 Å². The van der Waals surface area contributed by atoms with Crippen molar-refractivity contribution >= 4 is 40.7 Å².